The van der Waals surface area contributed by atoms with Gasteiger partial charge in [-0.1, -0.05) is 6.07 Å². The first-order valence-corrected chi connectivity index (χ1v) is 7.67. The summed E-state index contributed by atoms with van der Waals surface area (Å²) in [5.41, 5.74) is -3.35. The van der Waals surface area contributed by atoms with Gasteiger partial charge in [0.1, 0.15) is 0 Å². The lowest BCUT2D eigenvalue weighted by Gasteiger charge is -2.23. The molecule has 0 aromatic heterocycles. The third-order valence-electron chi connectivity index (χ3n) is 4.26. The fourth-order valence-corrected chi connectivity index (χ4v) is 2.81. The van der Waals surface area contributed by atoms with Crippen LogP contribution in [0.2, 0.25) is 0 Å². The Labute approximate surface area is 144 Å². The van der Waals surface area contributed by atoms with Gasteiger partial charge in [0.2, 0.25) is 5.91 Å². The zero-order valence-corrected chi connectivity index (χ0v) is 13.3. The maximum atomic E-state index is 13.2. The Morgan fingerprint density at radius 2 is 1.77 bits per heavy atom. The molecule has 1 unspecified atom stereocenters. The van der Waals surface area contributed by atoms with Crippen molar-refractivity contribution < 1.29 is 41.0 Å². The number of carbonyl (C=O) groups is 2. The van der Waals surface area contributed by atoms with Gasteiger partial charge in [-0.2, -0.15) is 26.3 Å². The smallest absolute Gasteiger partial charge is 0.416 e. The van der Waals surface area contributed by atoms with E-state index in [0.717, 1.165) is 4.90 Å². The number of halogens is 6. The monoisotopic (exact) mass is 383 g/mol. The van der Waals surface area contributed by atoms with Crippen LogP contribution in [-0.2, 0) is 28.5 Å². The topological polar surface area (TPSA) is 57.6 Å². The summed E-state index contributed by atoms with van der Waals surface area (Å²) >= 11 is 0. The maximum Gasteiger partial charge on any atom is 0.416 e. The molecule has 0 spiro atoms. The second kappa shape index (κ2) is 7.16. The summed E-state index contributed by atoms with van der Waals surface area (Å²) in [7, 11) is 0. The van der Waals surface area contributed by atoms with Gasteiger partial charge >= 0.3 is 18.3 Å². The van der Waals surface area contributed by atoms with E-state index in [1.807, 2.05) is 0 Å². The summed E-state index contributed by atoms with van der Waals surface area (Å²) in [6, 6.07) is 1.27. The van der Waals surface area contributed by atoms with Crippen molar-refractivity contribution in [3.8, 4) is 0 Å². The predicted octanol–water partition coefficient (Wildman–Crippen LogP) is 3.94. The number of benzene rings is 1. The number of aliphatic carboxylic acids is 1. The van der Waals surface area contributed by atoms with Crippen molar-refractivity contribution in [2.24, 2.45) is 5.92 Å². The van der Waals surface area contributed by atoms with Crippen molar-refractivity contribution in [1.29, 1.82) is 0 Å². The molecule has 1 saturated heterocycles. The van der Waals surface area contributed by atoms with E-state index in [9.17, 15) is 35.9 Å². The van der Waals surface area contributed by atoms with Gasteiger partial charge in [0.25, 0.3) is 0 Å². The highest BCUT2D eigenvalue weighted by molar-refractivity contribution is 5.78. The van der Waals surface area contributed by atoms with Gasteiger partial charge in [-0.05, 0) is 30.5 Å². The van der Waals surface area contributed by atoms with Gasteiger partial charge < -0.3 is 10.0 Å². The molecule has 144 valence electrons. The van der Waals surface area contributed by atoms with Crippen LogP contribution < -0.4 is 0 Å². The molecule has 1 amide bonds. The van der Waals surface area contributed by atoms with Crippen LogP contribution in [-0.4, -0.2) is 28.4 Å². The molecule has 1 N–H and O–H groups in total. The number of rotatable bonds is 3. The molecule has 1 aromatic rings. The second-order valence-corrected chi connectivity index (χ2v) is 6.05. The highest BCUT2D eigenvalue weighted by Gasteiger charge is 2.38. The lowest BCUT2D eigenvalue weighted by Crippen LogP contribution is -2.31. The molecule has 26 heavy (non-hydrogen) atoms. The zero-order valence-electron chi connectivity index (χ0n) is 13.3. The van der Waals surface area contributed by atoms with E-state index in [1.165, 1.54) is 0 Å². The minimum Gasteiger partial charge on any atom is -0.481 e. The fourth-order valence-electron chi connectivity index (χ4n) is 2.81. The summed E-state index contributed by atoms with van der Waals surface area (Å²) in [5, 5.41) is 9.00. The number of amides is 1. The molecule has 0 saturated carbocycles. The highest BCUT2D eigenvalue weighted by atomic mass is 19.4. The first kappa shape index (κ1) is 20.1. The van der Waals surface area contributed by atoms with Gasteiger partial charge in [0.05, 0.1) is 17.0 Å². The Morgan fingerprint density at radius 1 is 1.12 bits per heavy atom. The van der Waals surface area contributed by atoms with Crippen molar-refractivity contribution in [2.75, 3.05) is 6.54 Å². The molecule has 1 heterocycles. The number of hydrogen-bond donors (Lipinski definition) is 1. The number of nitrogens with zero attached hydrogens (tertiary/aromatic N) is 1. The fraction of sp³-hybridized carbons (Fsp3) is 0.500. The third-order valence-corrected chi connectivity index (χ3v) is 4.26. The van der Waals surface area contributed by atoms with Gasteiger partial charge in [-0.15, -0.1) is 0 Å². The van der Waals surface area contributed by atoms with Crippen molar-refractivity contribution in [3.63, 3.8) is 0 Å². The standard InChI is InChI=1S/C16H15F6NO3/c17-15(18,19)11-3-1-10(12(7-11)16(20,21)22)8-23-6-5-9(14(25)26)2-4-13(23)24/h1,3,7,9H,2,4-6,8H2,(H,25,26). The molecule has 1 aromatic carbocycles. The molecule has 4 nitrogen and oxygen atoms in total. The van der Waals surface area contributed by atoms with Crippen LogP contribution in [0.3, 0.4) is 0 Å². The average molecular weight is 383 g/mol. The van der Waals surface area contributed by atoms with Gasteiger partial charge in [0, 0.05) is 19.5 Å². The number of carbonyl (C=O) groups excluding carboxylic acids is 1. The zero-order chi connectivity index (χ0) is 19.7. The maximum absolute atomic E-state index is 13.2. The van der Waals surface area contributed by atoms with Gasteiger partial charge in [-0.25, -0.2) is 0 Å². The molecule has 1 atom stereocenters. The van der Waals surface area contributed by atoms with Crippen LogP contribution in [0.4, 0.5) is 26.3 Å². The minimum absolute atomic E-state index is 0.0255. The Bertz CT molecular complexity index is 698. The lowest BCUT2D eigenvalue weighted by molar-refractivity contribution is -0.144. The van der Waals surface area contributed by atoms with Crippen molar-refractivity contribution in [1.82, 2.24) is 4.90 Å². The van der Waals surface area contributed by atoms with Crippen LogP contribution in [0.1, 0.15) is 36.0 Å². The van der Waals surface area contributed by atoms with E-state index in [2.05, 4.69) is 0 Å². The average Bonchev–Trinajstić information content (AvgIpc) is 2.68. The van der Waals surface area contributed by atoms with E-state index in [-0.39, 0.29) is 31.9 Å². The van der Waals surface area contributed by atoms with E-state index in [1.54, 1.807) is 0 Å². The van der Waals surface area contributed by atoms with E-state index in [0.29, 0.717) is 12.1 Å². The van der Waals surface area contributed by atoms with Gasteiger partial charge in [0.15, 0.2) is 0 Å². The third kappa shape index (κ3) is 4.67. The summed E-state index contributed by atoms with van der Waals surface area (Å²) in [4.78, 5) is 24.1. The number of hydrogen-bond acceptors (Lipinski definition) is 2. The number of carboxylic acid groups (broad SMARTS) is 1. The molecule has 1 fully saturated rings. The summed E-state index contributed by atoms with van der Waals surface area (Å²) in [6.07, 6.45) is -9.94. The van der Waals surface area contributed by atoms with Crippen molar-refractivity contribution in [3.05, 3.63) is 34.9 Å². The quantitative estimate of drug-likeness (QED) is 0.805. The first-order valence-electron chi connectivity index (χ1n) is 7.67. The molecule has 10 heteroatoms. The number of alkyl halides is 6. The molecule has 0 aliphatic carbocycles. The molecule has 0 bridgehead atoms. The van der Waals surface area contributed by atoms with Crippen molar-refractivity contribution in [2.45, 2.75) is 38.2 Å². The van der Waals surface area contributed by atoms with E-state index < -0.39 is 53.4 Å². The summed E-state index contributed by atoms with van der Waals surface area (Å²) in [5.74, 6) is -2.40. The Kier molecular flexibility index (Phi) is 5.52. The number of likely N-dealkylation sites (tertiary alicyclic amines) is 1. The SMILES string of the molecule is O=C(O)C1CCC(=O)N(Cc2ccc(C(F)(F)F)cc2C(F)(F)F)CC1. The lowest BCUT2D eigenvalue weighted by atomic mass is 10.0. The Balaban J connectivity index is 2.30. The van der Waals surface area contributed by atoms with Crippen LogP contribution in [0.15, 0.2) is 18.2 Å². The van der Waals surface area contributed by atoms with E-state index >= 15 is 0 Å². The van der Waals surface area contributed by atoms with E-state index in [4.69, 9.17) is 5.11 Å². The minimum atomic E-state index is -5.02. The predicted molar refractivity (Wildman–Crippen MR) is 76.8 cm³/mol. The van der Waals surface area contributed by atoms with Crippen LogP contribution >= 0.6 is 0 Å². The van der Waals surface area contributed by atoms with Crippen molar-refractivity contribution >= 4 is 11.9 Å². The molecule has 0 radical (unpaired) electrons. The summed E-state index contributed by atoms with van der Waals surface area (Å²) < 4.78 is 77.6. The highest BCUT2D eigenvalue weighted by Crippen LogP contribution is 2.38. The van der Waals surface area contributed by atoms with Crippen LogP contribution in [0.5, 0.6) is 0 Å². The Morgan fingerprint density at radius 3 is 2.31 bits per heavy atom. The van der Waals surface area contributed by atoms with Crippen LogP contribution in [0.25, 0.3) is 0 Å². The normalized spacial score (nSPS) is 19.4. The molecule has 2 rings (SSSR count). The number of carboxylic acids is 1. The van der Waals surface area contributed by atoms with Gasteiger partial charge in [-0.3, -0.25) is 9.59 Å². The first-order chi connectivity index (χ1) is 11.9. The molecule has 1 aliphatic heterocycles. The molecular formula is C16H15F6NO3. The second-order valence-electron chi connectivity index (χ2n) is 6.05. The van der Waals surface area contributed by atoms with Crippen LogP contribution in [0, 0.1) is 5.92 Å². The molecule has 1 aliphatic rings. The Hall–Kier alpha value is -2.26. The molecular weight excluding hydrogens is 368 g/mol. The summed E-state index contributed by atoms with van der Waals surface area (Å²) in [6.45, 7) is -0.605. The largest absolute Gasteiger partial charge is 0.481 e.